The molecule has 2 aliphatic carbocycles. The van der Waals surface area contributed by atoms with Crippen LogP contribution in [0.2, 0.25) is 0 Å². The van der Waals surface area contributed by atoms with Crippen LogP contribution in [-0.2, 0) is 16.6 Å². The van der Waals surface area contributed by atoms with E-state index in [1.54, 1.807) is 6.07 Å². The van der Waals surface area contributed by atoms with Crippen molar-refractivity contribution in [2.75, 3.05) is 53.2 Å². The molecule has 3 atom stereocenters. The third kappa shape index (κ3) is 5.23. The first-order valence-electron chi connectivity index (χ1n) is 15.6. The minimum absolute atomic E-state index is 0.0754. The number of hydrogen-bond donors (Lipinski definition) is 3. The van der Waals surface area contributed by atoms with Crippen LogP contribution in [0.4, 0.5) is 5.00 Å². The number of aliphatic hydroxyl groups is 1. The van der Waals surface area contributed by atoms with Gasteiger partial charge in [0, 0.05) is 27.6 Å². The monoisotopic (exact) mass is 621 g/mol. The van der Waals surface area contributed by atoms with Gasteiger partial charge in [0.15, 0.2) is 5.76 Å². The van der Waals surface area contributed by atoms with Crippen LogP contribution in [0.15, 0.2) is 11.6 Å². The Bertz CT molecular complexity index is 1510. The molecular formula is C32H43N7O4S. The first-order chi connectivity index (χ1) is 21.1. The van der Waals surface area contributed by atoms with E-state index >= 15 is 0 Å². The Morgan fingerprint density at radius 2 is 2.00 bits per heavy atom. The summed E-state index contributed by atoms with van der Waals surface area (Å²) >= 11 is 1.46. The van der Waals surface area contributed by atoms with Gasteiger partial charge in [-0.1, -0.05) is 0 Å². The summed E-state index contributed by atoms with van der Waals surface area (Å²) in [5.74, 6) is 0.555. The molecule has 4 N–H and O–H groups in total. The van der Waals surface area contributed by atoms with Gasteiger partial charge in [-0.25, -0.2) is 0 Å². The van der Waals surface area contributed by atoms with E-state index < -0.39 is 5.41 Å². The Balaban J connectivity index is 1.37. The van der Waals surface area contributed by atoms with Crippen molar-refractivity contribution >= 4 is 27.8 Å². The number of nitrogen functional groups attached to an aromatic ring is 1. The smallest absolute Gasteiger partial charge is 0.221 e. The highest BCUT2D eigenvalue weighted by atomic mass is 32.1. The number of nitrogens with zero attached hydrogens (tertiary/aromatic N) is 5. The molecule has 1 saturated carbocycles. The van der Waals surface area contributed by atoms with Crippen molar-refractivity contribution in [3.63, 3.8) is 0 Å². The van der Waals surface area contributed by atoms with Crippen molar-refractivity contribution in [3.8, 4) is 17.8 Å². The van der Waals surface area contributed by atoms with E-state index in [0.29, 0.717) is 59.9 Å². The Morgan fingerprint density at radius 1 is 1.27 bits per heavy atom. The molecule has 0 unspecified atom stereocenters. The zero-order valence-corrected chi connectivity index (χ0v) is 26.9. The lowest BCUT2D eigenvalue weighted by atomic mass is 9.60. The molecule has 6 rings (SSSR count). The average Bonchev–Trinajstić information content (AvgIpc) is 3.55. The quantitative estimate of drug-likeness (QED) is 0.363. The summed E-state index contributed by atoms with van der Waals surface area (Å²) in [5.41, 5.74) is 7.55. The average molecular weight is 622 g/mol. The van der Waals surface area contributed by atoms with Crippen LogP contribution in [0.25, 0.3) is 5.76 Å². The van der Waals surface area contributed by atoms with E-state index in [-0.39, 0.29) is 29.3 Å². The van der Waals surface area contributed by atoms with Crippen molar-refractivity contribution in [2.24, 2.45) is 0 Å². The summed E-state index contributed by atoms with van der Waals surface area (Å²) in [6, 6.07) is 4.25. The van der Waals surface area contributed by atoms with E-state index in [1.807, 2.05) is 21.0 Å². The summed E-state index contributed by atoms with van der Waals surface area (Å²) in [7, 11) is 6.11. The van der Waals surface area contributed by atoms with Gasteiger partial charge in [0.1, 0.15) is 29.3 Å². The van der Waals surface area contributed by atoms with Gasteiger partial charge in [0.25, 0.3) is 0 Å². The predicted octanol–water partition coefficient (Wildman–Crippen LogP) is 4.31. The Labute approximate surface area is 263 Å². The Kier molecular flexibility index (Phi) is 8.34. The number of likely N-dealkylation sites (N-methyl/N-ethyl adjacent to an activating group) is 2. The molecule has 12 heteroatoms. The number of rotatable bonds is 8. The molecule has 2 aliphatic heterocycles. The standard InChI is InChI=1S/C32H43N7O4S/c1-19(22-9-7-13-39(22)4)43-25-14-24(42-18-31(38(2)3)16-41-17-31)36-30(37-25)27(40)20-8-5-11-32(28(20)34)12-6-10-23-26(32)21(15-33)29(35)44-23/h14,19,22,34,40H,5-13,16-18,35H2,1-4H3/b27-20-,34-28?/t19-,22-,32-/m0/s1. The number of nitrogens with two attached hydrogens (primary N) is 1. The molecule has 11 nitrogen and oxygen atoms in total. The second-order valence-corrected chi connectivity index (χ2v) is 14.2. The van der Waals surface area contributed by atoms with E-state index in [2.05, 4.69) is 32.9 Å². The van der Waals surface area contributed by atoms with Crippen molar-refractivity contribution in [1.82, 2.24) is 19.8 Å². The molecule has 4 heterocycles. The number of aromatic nitrogens is 2. The fourth-order valence-electron chi connectivity index (χ4n) is 7.40. The van der Waals surface area contributed by atoms with Gasteiger partial charge in [-0.3, -0.25) is 9.80 Å². The van der Waals surface area contributed by atoms with E-state index in [9.17, 15) is 15.8 Å². The highest BCUT2D eigenvalue weighted by Gasteiger charge is 2.48. The molecule has 0 aromatic carbocycles. The fourth-order valence-corrected chi connectivity index (χ4v) is 8.56. The van der Waals surface area contributed by atoms with Crippen LogP contribution in [-0.4, -0.2) is 95.8 Å². The van der Waals surface area contributed by atoms with Crippen LogP contribution in [0.1, 0.15) is 73.7 Å². The first-order valence-corrected chi connectivity index (χ1v) is 16.4. The number of allylic oxidation sites excluding steroid dienone is 1. The minimum Gasteiger partial charge on any atom is -0.504 e. The summed E-state index contributed by atoms with van der Waals surface area (Å²) in [6.45, 7) is 4.53. The molecule has 1 spiro atoms. The number of thiophene rings is 1. The minimum atomic E-state index is -0.661. The zero-order chi connectivity index (χ0) is 31.2. The van der Waals surface area contributed by atoms with E-state index in [0.717, 1.165) is 61.9 Å². The van der Waals surface area contributed by atoms with Gasteiger partial charge in [-0.05, 0) is 91.5 Å². The summed E-state index contributed by atoms with van der Waals surface area (Å²) < 4.78 is 18.1. The second kappa shape index (κ2) is 11.9. The molecule has 44 heavy (non-hydrogen) atoms. The van der Waals surface area contributed by atoms with Gasteiger partial charge in [-0.2, -0.15) is 15.2 Å². The summed E-state index contributed by atoms with van der Waals surface area (Å²) in [4.78, 5) is 14.8. The van der Waals surface area contributed by atoms with Gasteiger partial charge < -0.3 is 30.5 Å². The maximum absolute atomic E-state index is 11.8. The van der Waals surface area contributed by atoms with E-state index in [1.165, 1.54) is 11.3 Å². The van der Waals surface area contributed by atoms with Gasteiger partial charge >= 0.3 is 0 Å². The number of nitrogens with one attached hydrogen (secondary N) is 1. The van der Waals surface area contributed by atoms with Crippen molar-refractivity contribution in [3.05, 3.63) is 33.5 Å². The molecule has 0 amide bonds. The topological polar surface area (TPSA) is 154 Å². The second-order valence-electron chi connectivity index (χ2n) is 13.0. The first kappa shape index (κ1) is 30.8. The Morgan fingerprint density at radius 3 is 2.64 bits per heavy atom. The molecule has 4 aliphatic rings. The van der Waals surface area contributed by atoms with E-state index in [4.69, 9.17) is 19.9 Å². The molecule has 236 valence electrons. The maximum Gasteiger partial charge on any atom is 0.221 e. The number of anilines is 1. The maximum atomic E-state index is 11.8. The fraction of sp³-hybridized carbons (Fsp3) is 0.625. The molecule has 0 bridgehead atoms. The van der Waals surface area contributed by atoms with Crippen LogP contribution < -0.4 is 15.2 Å². The number of aryl methyl sites for hydroxylation is 1. The normalized spacial score (nSPS) is 26.6. The zero-order valence-electron chi connectivity index (χ0n) is 26.1. The van der Waals surface area contributed by atoms with Crippen molar-refractivity contribution in [1.29, 1.82) is 10.7 Å². The SMILES string of the molecule is C[C@H](Oc1cc(OCC2(N(C)C)COC2)nc(/C(O)=C2\CCC[C@@]3(CCCc4sc(N)c(C#N)c43)C2=N)n1)[C@@H]1CCCN1C. The number of hydrogen-bond acceptors (Lipinski definition) is 12. The molecular weight excluding hydrogens is 578 g/mol. The molecule has 2 aromatic rings. The lowest BCUT2D eigenvalue weighted by molar-refractivity contribution is -0.141. The van der Waals surface area contributed by atoms with Gasteiger partial charge in [-0.15, -0.1) is 11.3 Å². The molecule has 3 fully saturated rings. The number of nitriles is 1. The predicted molar refractivity (Wildman–Crippen MR) is 170 cm³/mol. The van der Waals surface area contributed by atoms with Crippen LogP contribution in [0.5, 0.6) is 11.8 Å². The molecule has 0 radical (unpaired) electrons. The third-order valence-corrected chi connectivity index (χ3v) is 11.3. The van der Waals surface area contributed by atoms with Crippen molar-refractivity contribution in [2.45, 2.75) is 81.4 Å². The number of aliphatic hydroxyl groups excluding tert-OH is 1. The number of likely N-dealkylation sites (tertiary alicyclic amines) is 1. The largest absolute Gasteiger partial charge is 0.504 e. The third-order valence-electron chi connectivity index (χ3n) is 10.2. The van der Waals surface area contributed by atoms with Gasteiger partial charge in [0.2, 0.25) is 17.6 Å². The summed E-state index contributed by atoms with van der Waals surface area (Å²) in [5, 5.41) is 31.8. The molecule has 2 aromatic heterocycles. The number of ether oxygens (including phenoxy) is 3. The van der Waals surface area contributed by atoms with Crippen LogP contribution in [0, 0.1) is 16.7 Å². The van der Waals surface area contributed by atoms with Crippen LogP contribution in [0.3, 0.4) is 0 Å². The Hall–Kier alpha value is -3.24. The van der Waals surface area contributed by atoms with Gasteiger partial charge in [0.05, 0.1) is 24.8 Å². The van der Waals surface area contributed by atoms with Crippen molar-refractivity contribution < 1.29 is 19.3 Å². The summed E-state index contributed by atoms with van der Waals surface area (Å²) in [6.07, 6.45) is 6.52. The molecule has 2 saturated heterocycles. The highest BCUT2D eigenvalue weighted by molar-refractivity contribution is 7.16. The lowest BCUT2D eigenvalue weighted by Crippen LogP contribution is -2.63. The van der Waals surface area contributed by atoms with Crippen LogP contribution >= 0.6 is 11.3 Å². The number of fused-ring (bicyclic) bond motifs is 2. The lowest BCUT2D eigenvalue weighted by Gasteiger charge is -2.45. The highest BCUT2D eigenvalue weighted by Crippen LogP contribution is 2.52.